The first-order chi connectivity index (χ1) is 15.9. The molecule has 4 aromatic rings. The molecule has 1 heterocycles. The second-order valence-corrected chi connectivity index (χ2v) is 7.08. The molecule has 4 rings (SSSR count). The molecule has 33 heavy (non-hydrogen) atoms. The number of rotatable bonds is 5. The van der Waals surface area contributed by atoms with Gasteiger partial charge < -0.3 is 16.0 Å². The highest BCUT2D eigenvalue weighted by atomic mass is 35.5. The summed E-state index contributed by atoms with van der Waals surface area (Å²) in [6.45, 7) is 0. The number of benzene rings is 3. The van der Waals surface area contributed by atoms with Crippen LogP contribution in [0.5, 0.6) is 0 Å². The predicted molar refractivity (Wildman–Crippen MR) is 118 cm³/mol. The summed E-state index contributed by atoms with van der Waals surface area (Å²) in [7, 11) is 0. The number of halogens is 3. The van der Waals surface area contributed by atoms with Gasteiger partial charge in [0, 0.05) is 23.0 Å². The Morgan fingerprint density at radius 2 is 1.58 bits per heavy atom. The summed E-state index contributed by atoms with van der Waals surface area (Å²) < 4.78 is 26.8. The Morgan fingerprint density at radius 3 is 2.24 bits per heavy atom. The number of anilines is 3. The zero-order valence-electron chi connectivity index (χ0n) is 16.6. The van der Waals surface area contributed by atoms with Gasteiger partial charge in [0.05, 0.1) is 16.3 Å². The van der Waals surface area contributed by atoms with Gasteiger partial charge in [-0.1, -0.05) is 29.8 Å². The first-order valence-corrected chi connectivity index (χ1v) is 9.75. The maximum absolute atomic E-state index is 13.4. The van der Waals surface area contributed by atoms with E-state index in [9.17, 15) is 18.4 Å². The molecule has 3 aromatic carbocycles. The van der Waals surface area contributed by atoms with Crippen molar-refractivity contribution in [2.45, 2.75) is 0 Å². The van der Waals surface area contributed by atoms with Gasteiger partial charge in [0.2, 0.25) is 5.82 Å². The summed E-state index contributed by atoms with van der Waals surface area (Å²) in [6.07, 6.45) is 0. The van der Waals surface area contributed by atoms with Crippen molar-refractivity contribution in [3.63, 3.8) is 0 Å². The molecule has 0 saturated heterocycles. The SMILES string of the molecule is O=C(Nc1cc(F)cc(F)c1)Nc1c(Cl)cc(NC(=O)c2ccccc2)cc1-c1nn[nH]n1. The third-order valence-electron chi connectivity index (χ3n) is 4.33. The number of nitrogens with one attached hydrogen (secondary N) is 4. The second-order valence-electron chi connectivity index (χ2n) is 6.67. The van der Waals surface area contributed by atoms with Gasteiger partial charge in [-0.25, -0.2) is 13.6 Å². The molecular weight excluding hydrogens is 456 g/mol. The molecule has 3 amide bonds. The van der Waals surface area contributed by atoms with E-state index in [0.29, 0.717) is 17.3 Å². The average molecular weight is 470 g/mol. The van der Waals surface area contributed by atoms with E-state index in [0.717, 1.165) is 12.1 Å². The van der Waals surface area contributed by atoms with Gasteiger partial charge in [0.15, 0.2) is 0 Å². The lowest BCUT2D eigenvalue weighted by atomic mass is 10.1. The minimum atomic E-state index is -0.852. The molecule has 9 nitrogen and oxygen atoms in total. The van der Waals surface area contributed by atoms with Crippen molar-refractivity contribution >= 4 is 40.6 Å². The Labute approximate surface area is 190 Å². The lowest BCUT2D eigenvalue weighted by Gasteiger charge is -2.15. The van der Waals surface area contributed by atoms with Gasteiger partial charge >= 0.3 is 6.03 Å². The third kappa shape index (κ3) is 5.28. The van der Waals surface area contributed by atoms with E-state index < -0.39 is 17.7 Å². The number of amides is 3. The fourth-order valence-electron chi connectivity index (χ4n) is 2.95. The van der Waals surface area contributed by atoms with Gasteiger partial charge in [0.25, 0.3) is 5.91 Å². The number of aromatic nitrogens is 4. The maximum Gasteiger partial charge on any atom is 0.323 e. The summed E-state index contributed by atoms with van der Waals surface area (Å²) in [5, 5.41) is 21.2. The van der Waals surface area contributed by atoms with Crippen LogP contribution in [0.15, 0.2) is 60.7 Å². The zero-order valence-corrected chi connectivity index (χ0v) is 17.3. The first kappa shape index (κ1) is 21.8. The van der Waals surface area contributed by atoms with E-state index in [4.69, 9.17) is 11.6 Å². The maximum atomic E-state index is 13.4. The normalized spacial score (nSPS) is 10.5. The zero-order chi connectivity index (χ0) is 23.4. The Bertz CT molecular complexity index is 1300. The number of carbonyl (C=O) groups is 2. The van der Waals surface area contributed by atoms with Crippen LogP contribution in [0.4, 0.5) is 30.6 Å². The number of hydrogen-bond acceptors (Lipinski definition) is 5. The van der Waals surface area contributed by atoms with E-state index >= 15 is 0 Å². The van der Waals surface area contributed by atoms with Crippen LogP contribution in [-0.4, -0.2) is 32.6 Å². The van der Waals surface area contributed by atoms with Crippen LogP contribution < -0.4 is 16.0 Å². The third-order valence-corrected chi connectivity index (χ3v) is 4.63. The van der Waals surface area contributed by atoms with Crippen molar-refractivity contribution < 1.29 is 18.4 Å². The molecule has 0 aliphatic carbocycles. The minimum absolute atomic E-state index is 0.0428. The van der Waals surface area contributed by atoms with Crippen LogP contribution in [0.2, 0.25) is 5.02 Å². The number of carbonyl (C=O) groups excluding carboxylic acids is 2. The molecule has 0 fully saturated rings. The molecule has 0 aliphatic heterocycles. The number of aromatic amines is 1. The van der Waals surface area contributed by atoms with Crippen LogP contribution in [-0.2, 0) is 0 Å². The van der Waals surface area contributed by atoms with E-state index in [-0.39, 0.29) is 33.7 Å². The molecule has 0 radical (unpaired) electrons. The average Bonchev–Trinajstić information content (AvgIpc) is 3.30. The van der Waals surface area contributed by atoms with Gasteiger partial charge in [-0.3, -0.25) is 4.79 Å². The summed E-state index contributed by atoms with van der Waals surface area (Å²) in [5.74, 6) is -2.00. The Morgan fingerprint density at radius 1 is 0.879 bits per heavy atom. The van der Waals surface area contributed by atoms with Crippen molar-refractivity contribution in [2.24, 2.45) is 0 Å². The van der Waals surface area contributed by atoms with Gasteiger partial charge in [-0.05, 0) is 41.6 Å². The Kier molecular flexibility index (Phi) is 6.22. The highest BCUT2D eigenvalue weighted by Crippen LogP contribution is 2.36. The summed E-state index contributed by atoms with van der Waals surface area (Å²) >= 11 is 6.38. The first-order valence-electron chi connectivity index (χ1n) is 9.37. The fourth-order valence-corrected chi connectivity index (χ4v) is 3.22. The minimum Gasteiger partial charge on any atom is -0.322 e. The van der Waals surface area contributed by atoms with Crippen molar-refractivity contribution in [2.75, 3.05) is 16.0 Å². The van der Waals surface area contributed by atoms with Crippen molar-refractivity contribution in [3.8, 4) is 11.4 Å². The summed E-state index contributed by atoms with van der Waals surface area (Å²) in [6, 6.07) is 13.2. The molecule has 4 N–H and O–H groups in total. The number of tetrazole rings is 1. The molecule has 1 aromatic heterocycles. The van der Waals surface area contributed by atoms with Crippen LogP contribution in [0.1, 0.15) is 10.4 Å². The topological polar surface area (TPSA) is 125 Å². The Balaban J connectivity index is 1.62. The molecule has 0 bridgehead atoms. The quantitative estimate of drug-likeness (QED) is 0.337. The lowest BCUT2D eigenvalue weighted by Crippen LogP contribution is -2.20. The highest BCUT2D eigenvalue weighted by Gasteiger charge is 2.19. The number of nitrogens with zero attached hydrogens (tertiary/aromatic N) is 3. The van der Waals surface area contributed by atoms with Crippen LogP contribution in [0.3, 0.4) is 0 Å². The molecule has 0 atom stereocenters. The van der Waals surface area contributed by atoms with Gasteiger partial charge in [0.1, 0.15) is 11.6 Å². The smallest absolute Gasteiger partial charge is 0.322 e. The number of urea groups is 1. The van der Waals surface area contributed by atoms with E-state index in [1.807, 2.05) is 0 Å². The molecule has 12 heteroatoms. The highest BCUT2D eigenvalue weighted by molar-refractivity contribution is 6.35. The lowest BCUT2D eigenvalue weighted by molar-refractivity contribution is 0.102. The van der Waals surface area contributed by atoms with Gasteiger partial charge in [-0.15, -0.1) is 10.2 Å². The fraction of sp³-hybridized carbons (Fsp3) is 0. The van der Waals surface area contributed by atoms with E-state index in [1.54, 1.807) is 30.3 Å². The molecule has 0 unspecified atom stereocenters. The molecule has 0 saturated carbocycles. The molecule has 0 aliphatic rings. The largest absolute Gasteiger partial charge is 0.323 e. The summed E-state index contributed by atoms with van der Waals surface area (Å²) in [5.41, 5.74) is 0.963. The van der Waals surface area contributed by atoms with Crippen LogP contribution in [0, 0.1) is 11.6 Å². The number of hydrogen-bond donors (Lipinski definition) is 4. The molecule has 0 spiro atoms. The standard InChI is InChI=1S/C21H14ClF2N7O2/c22-17-10-15(25-20(32)11-4-2-1-3-5-11)9-16(19-28-30-31-29-19)18(17)27-21(33)26-14-7-12(23)6-13(24)8-14/h1-10H,(H,25,32)(H2,26,27,33)(H,28,29,30,31). The summed E-state index contributed by atoms with van der Waals surface area (Å²) in [4.78, 5) is 25.0. The van der Waals surface area contributed by atoms with Crippen LogP contribution in [0.25, 0.3) is 11.4 Å². The molecular formula is C21H14ClF2N7O2. The van der Waals surface area contributed by atoms with E-state index in [2.05, 4.69) is 36.6 Å². The van der Waals surface area contributed by atoms with Crippen molar-refractivity contribution in [1.29, 1.82) is 0 Å². The van der Waals surface area contributed by atoms with Crippen molar-refractivity contribution in [1.82, 2.24) is 20.6 Å². The molecule has 166 valence electrons. The predicted octanol–water partition coefficient (Wildman–Crippen LogP) is 4.69. The van der Waals surface area contributed by atoms with E-state index in [1.165, 1.54) is 12.1 Å². The van der Waals surface area contributed by atoms with Gasteiger partial charge in [-0.2, -0.15) is 5.21 Å². The van der Waals surface area contributed by atoms with Crippen LogP contribution >= 0.6 is 11.6 Å². The monoisotopic (exact) mass is 469 g/mol. The second kappa shape index (κ2) is 9.40. The number of H-pyrrole nitrogens is 1. The Hall–Kier alpha value is -4.38. The van der Waals surface area contributed by atoms with Crippen molar-refractivity contribution in [3.05, 3.63) is 82.9 Å².